The summed E-state index contributed by atoms with van der Waals surface area (Å²) in [6, 6.07) is 6.95. The number of nitrogens with zero attached hydrogens (tertiary/aromatic N) is 2. The summed E-state index contributed by atoms with van der Waals surface area (Å²) in [4.78, 5) is 50.7. The molecule has 0 spiro atoms. The van der Waals surface area contributed by atoms with Gasteiger partial charge in [0.25, 0.3) is 0 Å². The summed E-state index contributed by atoms with van der Waals surface area (Å²) in [6.45, 7) is 4.04. The third kappa shape index (κ3) is 8.73. The van der Waals surface area contributed by atoms with Crippen LogP contribution in [-0.4, -0.2) is 90.3 Å². The molecule has 0 saturated heterocycles. The number of aliphatic carboxylic acids is 2. The molecule has 1 aliphatic rings. The van der Waals surface area contributed by atoms with E-state index in [1.165, 1.54) is 25.3 Å². The maximum Gasteiger partial charge on any atom is 1.00 e. The molecular formula is C24H28N4Na2O13. The van der Waals surface area contributed by atoms with E-state index in [-0.39, 0.29) is 73.4 Å². The number of carbonyl (C=O) groups excluding carboxylic acids is 2. The van der Waals surface area contributed by atoms with Crippen LogP contribution in [0.4, 0.5) is 11.4 Å². The van der Waals surface area contributed by atoms with Crippen LogP contribution in [0.15, 0.2) is 24.3 Å². The molecule has 0 unspecified atom stereocenters. The first-order chi connectivity index (χ1) is 18.9. The quantitative estimate of drug-likeness (QED) is 0.0429. The van der Waals surface area contributed by atoms with Crippen molar-refractivity contribution in [3.8, 4) is 11.5 Å². The number of rotatable bonds is 5. The van der Waals surface area contributed by atoms with Gasteiger partial charge in [-0.2, -0.15) is 0 Å². The summed E-state index contributed by atoms with van der Waals surface area (Å²) in [5.74, 6) is -13.9. The topological polar surface area (TPSA) is 295 Å². The molecule has 0 radical (unpaired) electrons. The van der Waals surface area contributed by atoms with Crippen molar-refractivity contribution in [3.63, 3.8) is 0 Å². The van der Waals surface area contributed by atoms with E-state index in [9.17, 15) is 19.2 Å². The van der Waals surface area contributed by atoms with E-state index in [4.69, 9.17) is 51.6 Å². The Morgan fingerprint density at radius 3 is 1.30 bits per heavy atom. The van der Waals surface area contributed by atoms with Crippen LogP contribution in [0.25, 0.3) is 11.0 Å². The number of ether oxygens (including phenoxy) is 3. The molecule has 1 aliphatic heterocycles. The number of carbonyl (C=O) groups is 4. The number of anilines is 2. The van der Waals surface area contributed by atoms with Gasteiger partial charge in [-0.05, 0) is 37.1 Å². The van der Waals surface area contributed by atoms with Crippen molar-refractivity contribution in [1.29, 1.82) is 0 Å². The Morgan fingerprint density at radius 2 is 1.05 bits per heavy atom. The van der Waals surface area contributed by atoms with Gasteiger partial charge in [-0.3, -0.25) is 0 Å². The van der Waals surface area contributed by atoms with Gasteiger partial charge in [0.15, 0.2) is 22.9 Å². The van der Waals surface area contributed by atoms with Crippen LogP contribution in [0.3, 0.4) is 0 Å². The largest absolute Gasteiger partial charge is 1.00 e. The summed E-state index contributed by atoms with van der Waals surface area (Å²) in [7, 11) is 2.98. The zero-order valence-electron chi connectivity index (χ0n) is 25.9. The predicted octanol–water partition coefficient (Wildman–Crippen LogP) is -6.82. The van der Waals surface area contributed by atoms with E-state index in [2.05, 4.69) is 14.7 Å². The van der Waals surface area contributed by atoms with Crippen LogP contribution in [0.2, 0.25) is 0 Å². The molecule has 0 fully saturated rings. The van der Waals surface area contributed by atoms with Crippen LogP contribution in [0.5, 0.6) is 11.5 Å². The zero-order valence-corrected chi connectivity index (χ0v) is 27.9. The summed E-state index contributed by atoms with van der Waals surface area (Å²) in [5, 5.41) is 49.3. The van der Waals surface area contributed by atoms with Gasteiger partial charge in [0.1, 0.15) is 0 Å². The maximum atomic E-state index is 11.4. The average molecular weight is 626 g/mol. The Labute approximate surface area is 289 Å². The second-order valence-corrected chi connectivity index (χ2v) is 8.31. The minimum atomic E-state index is -4.15. The number of nitrogens with two attached hydrogens (primary N) is 2. The van der Waals surface area contributed by atoms with Gasteiger partial charge in [0.2, 0.25) is 0 Å². The number of nitrogen functional groups attached to an aromatic ring is 2. The van der Waals surface area contributed by atoms with Crippen molar-refractivity contribution in [2.75, 3.05) is 25.7 Å². The van der Waals surface area contributed by atoms with Gasteiger partial charge in [0, 0.05) is 12.1 Å². The molecular weight excluding hydrogens is 598 g/mol. The fourth-order valence-electron chi connectivity index (χ4n) is 3.01. The molecule has 19 heteroatoms. The first-order valence-electron chi connectivity index (χ1n) is 11.1. The number of cyclic esters (lactones) is 2. The number of carboxylic acids is 2. The van der Waals surface area contributed by atoms with Crippen LogP contribution >= 0.6 is 0 Å². The van der Waals surface area contributed by atoms with Crippen molar-refractivity contribution in [2.45, 2.75) is 25.4 Å². The van der Waals surface area contributed by atoms with Gasteiger partial charge in [-0.15, -0.1) is 0 Å². The molecule has 0 bridgehead atoms. The molecule has 10 N–H and O–H groups in total. The molecule has 0 saturated carbocycles. The number of aliphatic hydroxyl groups is 4. The Bertz CT molecular complexity index is 1420. The Balaban J connectivity index is -0.000000599. The van der Waals surface area contributed by atoms with Gasteiger partial charge < -0.3 is 59.2 Å². The third-order valence-electron chi connectivity index (χ3n) is 5.52. The zero-order chi connectivity index (χ0) is 31.4. The van der Waals surface area contributed by atoms with E-state index in [1.807, 2.05) is 26.0 Å². The molecule has 1 aromatic heterocycles. The Hall–Kier alpha value is -3.10. The molecule has 0 atom stereocenters. The molecule has 0 aliphatic carbocycles. The first-order valence-corrected chi connectivity index (χ1v) is 11.1. The molecule has 43 heavy (non-hydrogen) atoms. The van der Waals surface area contributed by atoms with Gasteiger partial charge in [-0.1, -0.05) is 0 Å². The van der Waals surface area contributed by atoms with E-state index in [0.717, 1.165) is 0 Å². The summed E-state index contributed by atoms with van der Waals surface area (Å²) in [5.41, 5.74) is 15.5. The fourth-order valence-corrected chi connectivity index (χ4v) is 3.01. The second-order valence-electron chi connectivity index (χ2n) is 8.31. The molecule has 2 aromatic carbocycles. The second kappa shape index (κ2) is 15.6. The van der Waals surface area contributed by atoms with E-state index < -0.39 is 35.5 Å². The van der Waals surface area contributed by atoms with E-state index in [0.29, 0.717) is 33.9 Å². The molecule has 224 valence electrons. The molecule has 3 aromatic rings. The standard InChI is InChI=1S/C12H8N2O5.C8H12N2.C4H6O8.2Na.2H/c1-17-7-3-5-6(4-8(7)18-2)14-10-9(13-5)11(15)19-12(10)16;1-5-3-7(9)8(10)4-6(5)2;5-1(6)3(9,10)4(11,12)2(7)8;;;;/h3-4H,1-2H3;3-4H,9-10H2,1-2H3;9-12H,(H,5,6)(H,7,8);;;;/q;;;2*+1;2*-1. The SMILES string of the molecule is COc1cc2nc3c(nc2cc1OC)C(=O)OC3=O.Cc1cc(N)c(N)cc1C.O=C(O)C(O)(O)C(O)(O)C(=O)O.[H-].[H-].[Na+].[Na+]. The number of aromatic nitrogens is 2. The minimum Gasteiger partial charge on any atom is -1.00 e. The molecule has 2 heterocycles. The predicted molar refractivity (Wildman–Crippen MR) is 139 cm³/mol. The number of fused-ring (bicyclic) bond motifs is 2. The van der Waals surface area contributed by atoms with Crippen LogP contribution in [0.1, 0.15) is 35.0 Å². The summed E-state index contributed by atoms with van der Waals surface area (Å²) >= 11 is 0. The van der Waals surface area contributed by atoms with Crippen molar-refractivity contribution in [2.24, 2.45) is 0 Å². The average Bonchev–Trinajstić information content (AvgIpc) is 3.17. The van der Waals surface area contributed by atoms with Crippen molar-refractivity contribution in [1.82, 2.24) is 9.97 Å². The Kier molecular flexibility index (Phi) is 14.5. The number of aryl methyl sites for hydroxylation is 2. The van der Waals surface area contributed by atoms with E-state index >= 15 is 0 Å². The molecule has 17 nitrogen and oxygen atoms in total. The maximum absolute atomic E-state index is 11.4. The first kappa shape index (κ1) is 39.9. The van der Waals surface area contributed by atoms with E-state index in [1.54, 1.807) is 12.1 Å². The van der Waals surface area contributed by atoms with Crippen LogP contribution in [0, 0.1) is 13.8 Å². The van der Waals surface area contributed by atoms with Gasteiger partial charge >= 0.3 is 94.6 Å². The smallest absolute Gasteiger partial charge is 1.00 e. The number of benzene rings is 2. The minimum absolute atomic E-state index is 0. The van der Waals surface area contributed by atoms with Gasteiger partial charge in [0.05, 0.1) is 36.6 Å². The fraction of sp³-hybridized carbons (Fsp3) is 0.250. The summed E-state index contributed by atoms with van der Waals surface area (Å²) in [6.07, 6.45) is 0. The number of methoxy groups -OCH3 is 2. The number of hydrogen-bond acceptors (Lipinski definition) is 15. The number of esters is 2. The van der Waals surface area contributed by atoms with Crippen LogP contribution in [-0.2, 0) is 14.3 Å². The monoisotopic (exact) mass is 626 g/mol. The van der Waals surface area contributed by atoms with Crippen molar-refractivity contribution < 1.29 is 126 Å². The van der Waals surface area contributed by atoms with Gasteiger partial charge in [-0.25, -0.2) is 29.1 Å². The van der Waals surface area contributed by atoms with Crippen molar-refractivity contribution in [3.05, 3.63) is 46.8 Å². The normalized spacial score (nSPS) is 11.7. The van der Waals surface area contributed by atoms with Crippen molar-refractivity contribution >= 4 is 46.3 Å². The van der Waals surface area contributed by atoms with Crippen LogP contribution < -0.4 is 80.1 Å². The molecule has 0 amide bonds. The summed E-state index contributed by atoms with van der Waals surface area (Å²) < 4.78 is 14.7. The number of hydrogen-bond donors (Lipinski definition) is 8. The Morgan fingerprint density at radius 1 is 0.744 bits per heavy atom. The molecule has 4 rings (SSSR count). The third-order valence-corrected chi connectivity index (χ3v) is 5.52. The number of carboxylic acid groups (broad SMARTS) is 2.